The molecular formula is C44H56N4O5. The van der Waals surface area contributed by atoms with Crippen molar-refractivity contribution in [3.05, 3.63) is 95.7 Å². The highest BCUT2D eigenvalue weighted by molar-refractivity contribution is 5.86. The molecule has 4 aromatic rings. The minimum atomic E-state index is -0.614. The SMILES string of the molecule is COCCCn1cc(CN(C(=O)[C@H]2CN(C(=O)OC(C)(C)C)CC[C@@H]2c2cccc(-c3ccc(CN4CCOCC4)cc3)c2)C2CC2)c2ccccc21. The molecule has 282 valence electrons. The van der Waals surface area contributed by atoms with Crippen molar-refractivity contribution in [2.24, 2.45) is 5.92 Å². The lowest BCUT2D eigenvalue weighted by molar-refractivity contribution is -0.139. The van der Waals surface area contributed by atoms with Gasteiger partial charge in [-0.2, -0.15) is 0 Å². The van der Waals surface area contributed by atoms with Crippen LogP contribution in [-0.2, 0) is 38.6 Å². The van der Waals surface area contributed by atoms with Crippen LogP contribution in [0, 0.1) is 5.92 Å². The average Bonchev–Trinajstić information content (AvgIpc) is 3.95. The van der Waals surface area contributed by atoms with Crippen LogP contribution in [0.2, 0.25) is 0 Å². The van der Waals surface area contributed by atoms with Crippen molar-refractivity contribution in [2.45, 2.75) is 83.6 Å². The van der Waals surface area contributed by atoms with Crippen molar-refractivity contribution in [3.8, 4) is 11.1 Å². The molecule has 2 amide bonds. The molecule has 3 heterocycles. The van der Waals surface area contributed by atoms with E-state index in [2.05, 4.69) is 93.4 Å². The molecule has 0 bridgehead atoms. The third-order valence-electron chi connectivity index (χ3n) is 10.9. The summed E-state index contributed by atoms with van der Waals surface area (Å²) in [5, 5.41) is 1.18. The van der Waals surface area contributed by atoms with Crippen LogP contribution in [0.15, 0.2) is 79.0 Å². The number of piperidine rings is 1. The Morgan fingerprint density at radius 1 is 0.906 bits per heavy atom. The highest BCUT2D eigenvalue weighted by Gasteiger charge is 2.43. The Kier molecular flexibility index (Phi) is 11.5. The number of carbonyl (C=O) groups excluding carboxylic acids is 2. The fourth-order valence-corrected chi connectivity index (χ4v) is 8.05. The van der Waals surface area contributed by atoms with Gasteiger partial charge in [-0.25, -0.2) is 4.79 Å². The number of likely N-dealkylation sites (tertiary alicyclic amines) is 1. The molecule has 1 aromatic heterocycles. The molecule has 9 nitrogen and oxygen atoms in total. The lowest BCUT2D eigenvalue weighted by atomic mass is 9.79. The van der Waals surface area contributed by atoms with Gasteiger partial charge in [-0.3, -0.25) is 9.69 Å². The minimum absolute atomic E-state index is 0.0293. The largest absolute Gasteiger partial charge is 0.444 e. The number of aryl methyl sites for hydroxylation is 1. The molecule has 2 aliphatic heterocycles. The number of morpholine rings is 1. The van der Waals surface area contributed by atoms with Crippen LogP contribution in [0.1, 0.15) is 69.1 Å². The lowest BCUT2D eigenvalue weighted by Crippen LogP contribution is -2.51. The molecule has 9 heteroatoms. The van der Waals surface area contributed by atoms with Crippen LogP contribution < -0.4 is 0 Å². The van der Waals surface area contributed by atoms with Crippen LogP contribution in [0.5, 0.6) is 0 Å². The standard InChI is InChI=1S/C44H56N4O5/c1-44(2,3)53-43(50)47-21-19-38(35-10-7-9-34(27-35)33-15-13-32(14-16-33)28-45-22-25-52-26-23-45)40(31-47)42(49)48(37-17-18-37)30-36-29-46(20-8-24-51-4)41-12-6-5-11-39(36)41/h5-7,9-16,27,29,37-38,40H,8,17-26,28,30-31H2,1-4H3/t38-,40+/m1/s1. The lowest BCUT2D eigenvalue weighted by Gasteiger charge is -2.40. The summed E-state index contributed by atoms with van der Waals surface area (Å²) in [6, 6.07) is 26.3. The van der Waals surface area contributed by atoms with E-state index in [0.717, 1.165) is 80.9 Å². The van der Waals surface area contributed by atoms with Crippen molar-refractivity contribution in [3.63, 3.8) is 0 Å². The number of rotatable bonds is 12. The summed E-state index contributed by atoms with van der Waals surface area (Å²) in [7, 11) is 1.74. The molecule has 53 heavy (non-hydrogen) atoms. The summed E-state index contributed by atoms with van der Waals surface area (Å²) in [4.78, 5) is 34.8. The number of hydrogen-bond acceptors (Lipinski definition) is 6. The maximum atomic E-state index is 15.0. The third kappa shape index (κ3) is 9.14. The number of amides is 2. The summed E-state index contributed by atoms with van der Waals surface area (Å²) < 4.78 is 19.0. The predicted octanol–water partition coefficient (Wildman–Crippen LogP) is 7.71. The fourth-order valence-electron chi connectivity index (χ4n) is 8.05. The molecule has 3 fully saturated rings. The number of aromatic nitrogens is 1. The molecular weight excluding hydrogens is 665 g/mol. The molecule has 3 aromatic carbocycles. The first-order valence-electron chi connectivity index (χ1n) is 19.5. The van der Waals surface area contributed by atoms with Gasteiger partial charge >= 0.3 is 6.09 Å². The van der Waals surface area contributed by atoms with Crippen molar-refractivity contribution in [1.29, 1.82) is 0 Å². The smallest absolute Gasteiger partial charge is 0.410 e. The normalized spacial score (nSPS) is 19.7. The Labute approximate surface area is 314 Å². The van der Waals surface area contributed by atoms with Gasteiger partial charge in [0.15, 0.2) is 0 Å². The quantitative estimate of drug-likeness (QED) is 0.140. The van der Waals surface area contributed by atoms with Crippen molar-refractivity contribution in [1.82, 2.24) is 19.3 Å². The molecule has 0 spiro atoms. The molecule has 0 radical (unpaired) electrons. The van der Waals surface area contributed by atoms with Gasteiger partial charge in [0.25, 0.3) is 0 Å². The minimum Gasteiger partial charge on any atom is -0.444 e. The topological polar surface area (TPSA) is 76.5 Å². The Bertz CT molecular complexity index is 1850. The van der Waals surface area contributed by atoms with E-state index in [1.165, 1.54) is 16.5 Å². The first kappa shape index (κ1) is 37.1. The number of hydrogen-bond donors (Lipinski definition) is 0. The average molecular weight is 721 g/mol. The Morgan fingerprint density at radius 2 is 1.68 bits per heavy atom. The molecule has 0 unspecified atom stereocenters. The summed E-state index contributed by atoms with van der Waals surface area (Å²) >= 11 is 0. The monoisotopic (exact) mass is 720 g/mol. The molecule has 1 aliphatic carbocycles. The Morgan fingerprint density at radius 3 is 2.42 bits per heavy atom. The van der Waals surface area contributed by atoms with Gasteiger partial charge in [-0.1, -0.05) is 66.7 Å². The second kappa shape index (κ2) is 16.5. The Balaban J connectivity index is 1.16. The number of ether oxygens (including phenoxy) is 3. The van der Waals surface area contributed by atoms with E-state index in [1.54, 1.807) is 12.0 Å². The predicted molar refractivity (Wildman–Crippen MR) is 209 cm³/mol. The summed E-state index contributed by atoms with van der Waals surface area (Å²) in [5.74, 6) is -0.295. The zero-order valence-electron chi connectivity index (χ0n) is 32.0. The van der Waals surface area contributed by atoms with E-state index in [9.17, 15) is 4.79 Å². The van der Waals surface area contributed by atoms with E-state index in [0.29, 0.717) is 32.7 Å². The van der Waals surface area contributed by atoms with Gasteiger partial charge in [-0.15, -0.1) is 0 Å². The van der Waals surface area contributed by atoms with Crippen LogP contribution in [-0.4, -0.2) is 96.0 Å². The number of nitrogens with zero attached hydrogens (tertiary/aromatic N) is 4. The molecule has 0 N–H and O–H groups in total. The van der Waals surface area contributed by atoms with Gasteiger partial charge in [0, 0.05) is 82.7 Å². The van der Waals surface area contributed by atoms with E-state index in [-0.39, 0.29) is 24.0 Å². The molecule has 1 saturated carbocycles. The van der Waals surface area contributed by atoms with Crippen LogP contribution in [0.25, 0.3) is 22.0 Å². The number of benzene rings is 3. The van der Waals surface area contributed by atoms with E-state index in [1.807, 2.05) is 20.8 Å². The van der Waals surface area contributed by atoms with Gasteiger partial charge < -0.3 is 28.6 Å². The second-order valence-electron chi connectivity index (χ2n) is 16.0. The van der Waals surface area contributed by atoms with E-state index < -0.39 is 11.5 Å². The highest BCUT2D eigenvalue weighted by Crippen LogP contribution is 2.40. The first-order chi connectivity index (χ1) is 25.7. The highest BCUT2D eigenvalue weighted by atomic mass is 16.6. The van der Waals surface area contributed by atoms with Crippen molar-refractivity contribution < 1.29 is 23.8 Å². The third-order valence-corrected chi connectivity index (χ3v) is 10.9. The second-order valence-corrected chi connectivity index (χ2v) is 16.0. The summed E-state index contributed by atoms with van der Waals surface area (Å²) in [6.07, 6.45) is 5.49. The number of methoxy groups -OCH3 is 1. The van der Waals surface area contributed by atoms with Crippen LogP contribution in [0.3, 0.4) is 0 Å². The number of carbonyl (C=O) groups is 2. The van der Waals surface area contributed by atoms with E-state index >= 15 is 4.79 Å². The first-order valence-corrected chi connectivity index (χ1v) is 19.5. The van der Waals surface area contributed by atoms with Crippen molar-refractivity contribution in [2.75, 3.05) is 53.1 Å². The van der Waals surface area contributed by atoms with Gasteiger partial charge in [-0.05, 0) is 86.3 Å². The fraction of sp³-hybridized carbons (Fsp3) is 0.500. The molecule has 2 atom stereocenters. The summed E-state index contributed by atoms with van der Waals surface area (Å²) in [5.41, 5.74) is 6.47. The van der Waals surface area contributed by atoms with E-state index in [4.69, 9.17) is 14.2 Å². The maximum absolute atomic E-state index is 15.0. The molecule has 3 aliphatic rings. The van der Waals surface area contributed by atoms with Gasteiger partial charge in [0.05, 0.1) is 19.1 Å². The number of fused-ring (bicyclic) bond motifs is 1. The Hall–Kier alpha value is -4.18. The van der Waals surface area contributed by atoms with Gasteiger partial charge in [0.1, 0.15) is 5.60 Å². The number of para-hydroxylation sites is 1. The zero-order valence-corrected chi connectivity index (χ0v) is 32.0. The van der Waals surface area contributed by atoms with Gasteiger partial charge in [0.2, 0.25) is 5.91 Å². The molecule has 2 saturated heterocycles. The summed E-state index contributed by atoms with van der Waals surface area (Å²) in [6.45, 7) is 13.1. The maximum Gasteiger partial charge on any atom is 0.410 e. The van der Waals surface area contributed by atoms with Crippen LogP contribution >= 0.6 is 0 Å². The zero-order chi connectivity index (χ0) is 37.0. The molecule has 7 rings (SSSR count). The van der Waals surface area contributed by atoms with Crippen molar-refractivity contribution >= 4 is 22.9 Å². The van der Waals surface area contributed by atoms with Crippen LogP contribution in [0.4, 0.5) is 4.79 Å².